The van der Waals surface area contributed by atoms with Gasteiger partial charge < -0.3 is 4.74 Å². The van der Waals surface area contributed by atoms with Crippen LogP contribution in [0.15, 0.2) is 24.3 Å². The Labute approximate surface area is 149 Å². The van der Waals surface area contributed by atoms with Crippen LogP contribution in [-0.2, 0) is 11.2 Å². The highest BCUT2D eigenvalue weighted by Crippen LogP contribution is 2.24. The molecule has 2 aromatic rings. The van der Waals surface area contributed by atoms with Gasteiger partial charge in [0.2, 0.25) is 5.78 Å². The number of nitrogens with zero attached hydrogens (tertiary/aromatic N) is 1. The Hall–Kier alpha value is -2.54. The normalized spacial score (nSPS) is 10.5. The largest absolute Gasteiger partial charge is 0.453 e. The van der Waals surface area contributed by atoms with Crippen LogP contribution in [0.4, 0.5) is 5.69 Å². The van der Waals surface area contributed by atoms with Crippen LogP contribution in [0, 0.1) is 24.0 Å². The van der Waals surface area contributed by atoms with Crippen molar-refractivity contribution < 1.29 is 19.2 Å². The number of Topliss-reactive ketones (excluding diaryl/α,β-unsaturated/α-hetero) is 1. The smallest absolute Gasteiger partial charge is 0.348 e. The van der Waals surface area contributed by atoms with Gasteiger partial charge in [0.05, 0.1) is 4.92 Å². The van der Waals surface area contributed by atoms with Gasteiger partial charge in [-0.3, -0.25) is 14.9 Å². The van der Waals surface area contributed by atoms with Crippen molar-refractivity contribution in [2.75, 3.05) is 6.61 Å². The molecule has 0 aliphatic rings. The van der Waals surface area contributed by atoms with E-state index < -0.39 is 23.3 Å². The van der Waals surface area contributed by atoms with Crippen molar-refractivity contribution in [3.63, 3.8) is 0 Å². The Balaban J connectivity index is 2.04. The van der Waals surface area contributed by atoms with Crippen LogP contribution in [0.25, 0.3) is 0 Å². The predicted octanol–water partition coefficient (Wildman–Crippen LogP) is 4.27. The van der Waals surface area contributed by atoms with E-state index in [4.69, 9.17) is 4.74 Å². The summed E-state index contributed by atoms with van der Waals surface area (Å²) in [7, 11) is 0. The molecule has 2 rings (SSSR count). The fourth-order valence-electron chi connectivity index (χ4n) is 2.40. The highest BCUT2D eigenvalue weighted by atomic mass is 32.1. The third-order valence-corrected chi connectivity index (χ3v) is 4.88. The van der Waals surface area contributed by atoms with E-state index in [1.165, 1.54) is 29.5 Å². The maximum absolute atomic E-state index is 12.1. The third-order valence-electron chi connectivity index (χ3n) is 3.80. The molecule has 0 aliphatic carbocycles. The number of carbonyl (C=O) groups is 2. The zero-order valence-corrected chi connectivity index (χ0v) is 15.1. The van der Waals surface area contributed by atoms with E-state index >= 15 is 0 Å². The number of aryl methyl sites for hydroxylation is 3. The summed E-state index contributed by atoms with van der Waals surface area (Å²) >= 11 is 1.34. The number of esters is 1. The summed E-state index contributed by atoms with van der Waals surface area (Å²) in [5.74, 6) is -1.02. The van der Waals surface area contributed by atoms with Crippen LogP contribution < -0.4 is 0 Å². The zero-order valence-electron chi connectivity index (χ0n) is 14.3. The molecule has 0 N–H and O–H groups in total. The first-order chi connectivity index (χ1) is 11.8. The topological polar surface area (TPSA) is 86.5 Å². The summed E-state index contributed by atoms with van der Waals surface area (Å²) in [6.07, 6.45) is 1.87. The third kappa shape index (κ3) is 4.51. The summed E-state index contributed by atoms with van der Waals surface area (Å²) in [6.45, 7) is 5.16. The molecule has 6 nitrogen and oxygen atoms in total. The summed E-state index contributed by atoms with van der Waals surface area (Å²) in [5.41, 5.74) is 1.60. The minimum absolute atomic E-state index is 0.129. The van der Waals surface area contributed by atoms with Gasteiger partial charge in [0.25, 0.3) is 5.69 Å². The summed E-state index contributed by atoms with van der Waals surface area (Å²) < 4.78 is 5.07. The maximum Gasteiger partial charge on any atom is 0.348 e. The van der Waals surface area contributed by atoms with Crippen molar-refractivity contribution in [1.82, 2.24) is 0 Å². The molecule has 0 radical (unpaired) electrons. The quantitative estimate of drug-likeness (QED) is 0.318. The molecule has 0 saturated heterocycles. The van der Waals surface area contributed by atoms with Crippen molar-refractivity contribution in [2.45, 2.75) is 33.6 Å². The van der Waals surface area contributed by atoms with Crippen LogP contribution in [0.1, 0.15) is 49.4 Å². The minimum atomic E-state index is -0.551. The van der Waals surface area contributed by atoms with E-state index in [0.29, 0.717) is 10.4 Å². The number of ether oxygens (including phenoxy) is 1. The number of ketones is 1. The molecule has 132 valence electrons. The zero-order chi connectivity index (χ0) is 18.6. The van der Waals surface area contributed by atoms with Gasteiger partial charge in [0.1, 0.15) is 4.88 Å². The Morgan fingerprint density at radius 2 is 1.96 bits per heavy atom. The first-order valence-electron chi connectivity index (χ1n) is 7.88. The first kappa shape index (κ1) is 18.8. The number of nitro groups is 1. The molecular weight excluding hydrogens is 342 g/mol. The average molecular weight is 361 g/mol. The van der Waals surface area contributed by atoms with Gasteiger partial charge in [-0.15, -0.1) is 11.3 Å². The fraction of sp³-hybridized carbons (Fsp3) is 0.333. The van der Waals surface area contributed by atoms with E-state index in [1.54, 1.807) is 13.0 Å². The number of hydrogen-bond acceptors (Lipinski definition) is 6. The van der Waals surface area contributed by atoms with Crippen LogP contribution in [-0.4, -0.2) is 23.3 Å². The van der Waals surface area contributed by atoms with Gasteiger partial charge in [-0.2, -0.15) is 0 Å². The lowest BCUT2D eigenvalue weighted by Crippen LogP contribution is -2.14. The highest BCUT2D eigenvalue weighted by Gasteiger charge is 2.18. The second-order valence-corrected chi connectivity index (χ2v) is 6.96. The van der Waals surface area contributed by atoms with Crippen molar-refractivity contribution in [1.29, 1.82) is 0 Å². The molecule has 1 heterocycles. The summed E-state index contributed by atoms with van der Waals surface area (Å²) in [5, 5.41) is 10.9. The van der Waals surface area contributed by atoms with Crippen LogP contribution in [0.3, 0.4) is 0 Å². The molecule has 0 aliphatic heterocycles. The monoisotopic (exact) mass is 361 g/mol. The molecular formula is C18H19NO5S. The van der Waals surface area contributed by atoms with Crippen LogP contribution >= 0.6 is 11.3 Å². The molecule has 0 fully saturated rings. The lowest BCUT2D eigenvalue weighted by atomic mass is 10.1. The highest BCUT2D eigenvalue weighted by molar-refractivity contribution is 7.14. The molecule has 0 atom stereocenters. The van der Waals surface area contributed by atoms with Gasteiger partial charge in [-0.05, 0) is 31.9 Å². The Bertz CT molecular complexity index is 825. The number of nitro benzene ring substituents is 1. The van der Waals surface area contributed by atoms with Crippen molar-refractivity contribution in [2.24, 2.45) is 0 Å². The minimum Gasteiger partial charge on any atom is -0.453 e. The molecule has 0 bridgehead atoms. The number of benzene rings is 1. The molecule has 7 heteroatoms. The summed E-state index contributed by atoms with van der Waals surface area (Å²) in [4.78, 5) is 36.2. The first-order valence-corrected chi connectivity index (χ1v) is 8.69. The number of thiophene rings is 1. The van der Waals surface area contributed by atoms with Crippen molar-refractivity contribution in [3.05, 3.63) is 60.8 Å². The van der Waals surface area contributed by atoms with Crippen molar-refractivity contribution in [3.8, 4) is 0 Å². The number of hydrogen-bond donors (Lipinski definition) is 0. The van der Waals surface area contributed by atoms with Crippen LogP contribution in [0.2, 0.25) is 0 Å². The van der Waals surface area contributed by atoms with Gasteiger partial charge in [0.15, 0.2) is 6.61 Å². The molecule has 25 heavy (non-hydrogen) atoms. The van der Waals surface area contributed by atoms with Gasteiger partial charge in [0, 0.05) is 22.1 Å². The predicted molar refractivity (Wildman–Crippen MR) is 95.5 cm³/mol. The Morgan fingerprint density at radius 1 is 1.24 bits per heavy atom. The van der Waals surface area contributed by atoms with Gasteiger partial charge in [-0.1, -0.05) is 25.5 Å². The Morgan fingerprint density at radius 3 is 2.60 bits per heavy atom. The standard InChI is InChI=1S/C18H19NO5S/c1-4-5-13-9-17(25-12(13)3)18(21)24-10-16(20)14-7-6-11(2)15(8-14)19(22)23/h6-9H,4-5,10H2,1-3H3. The SMILES string of the molecule is CCCc1cc(C(=O)OCC(=O)c2ccc(C)c([N+](=O)[O-])c2)sc1C. The van der Waals surface area contributed by atoms with Crippen LogP contribution in [0.5, 0.6) is 0 Å². The number of rotatable bonds is 7. The second kappa shape index (κ2) is 8.02. The Kier molecular flexibility index (Phi) is 6.03. The van der Waals surface area contributed by atoms with Gasteiger partial charge >= 0.3 is 5.97 Å². The summed E-state index contributed by atoms with van der Waals surface area (Å²) in [6, 6.07) is 6.01. The van der Waals surface area contributed by atoms with E-state index in [0.717, 1.165) is 23.3 Å². The molecule has 1 aromatic heterocycles. The van der Waals surface area contributed by atoms with Crippen molar-refractivity contribution >= 4 is 28.8 Å². The average Bonchev–Trinajstić information content (AvgIpc) is 2.94. The maximum atomic E-state index is 12.1. The molecule has 0 unspecified atom stereocenters. The van der Waals surface area contributed by atoms with Gasteiger partial charge in [-0.25, -0.2) is 4.79 Å². The molecule has 1 aromatic carbocycles. The van der Waals surface area contributed by atoms with E-state index in [9.17, 15) is 19.7 Å². The lowest BCUT2D eigenvalue weighted by molar-refractivity contribution is -0.385. The second-order valence-electron chi connectivity index (χ2n) is 5.70. The molecule has 0 spiro atoms. The lowest BCUT2D eigenvalue weighted by Gasteiger charge is -2.04. The molecule has 0 amide bonds. The van der Waals surface area contributed by atoms with E-state index in [-0.39, 0.29) is 11.3 Å². The number of carbonyl (C=O) groups excluding carboxylic acids is 2. The fourth-order valence-corrected chi connectivity index (χ4v) is 3.37. The molecule has 0 saturated carbocycles. The van der Waals surface area contributed by atoms with E-state index in [1.807, 2.05) is 6.92 Å². The van der Waals surface area contributed by atoms with E-state index in [2.05, 4.69) is 6.92 Å².